The van der Waals surface area contributed by atoms with E-state index in [1.807, 2.05) is 0 Å². The lowest BCUT2D eigenvalue weighted by Gasteiger charge is -2.04. The van der Waals surface area contributed by atoms with Crippen molar-refractivity contribution < 1.29 is 12.8 Å². The number of nitrogens with one attached hydrogen (secondary N) is 1. The third-order valence-corrected chi connectivity index (χ3v) is 3.41. The van der Waals surface area contributed by atoms with Crippen LogP contribution in [0.2, 0.25) is 0 Å². The Bertz CT molecular complexity index is 617. The highest BCUT2D eigenvalue weighted by Gasteiger charge is 2.15. The van der Waals surface area contributed by atoms with Gasteiger partial charge in [0.25, 0.3) is 10.0 Å². The molecule has 7 heteroatoms. The summed E-state index contributed by atoms with van der Waals surface area (Å²) in [6, 6.07) is 5.86. The molecule has 90 valence electrons. The molecule has 0 unspecified atom stereocenters. The Morgan fingerprint density at radius 3 is 2.47 bits per heavy atom. The van der Waals surface area contributed by atoms with Crippen LogP contribution in [0.5, 0.6) is 0 Å². The molecular weight excluding hydrogens is 242 g/mol. The lowest BCUT2D eigenvalue weighted by molar-refractivity contribution is 0.535. The highest BCUT2D eigenvalue weighted by atomic mass is 32.2. The summed E-state index contributed by atoms with van der Waals surface area (Å²) in [7, 11) is -3.66. The van der Waals surface area contributed by atoms with Crippen LogP contribution >= 0.6 is 0 Å². The molecule has 6 nitrogen and oxygen atoms in total. The SMILES string of the molecule is Cc1ncc(NS(=O)(=O)c2ccc(N)cc2)o1. The molecule has 0 radical (unpaired) electrons. The molecule has 0 saturated heterocycles. The Morgan fingerprint density at radius 2 is 1.94 bits per heavy atom. The topological polar surface area (TPSA) is 98.2 Å². The summed E-state index contributed by atoms with van der Waals surface area (Å²) in [6.07, 6.45) is 1.31. The van der Waals surface area contributed by atoms with Gasteiger partial charge in [-0.15, -0.1) is 0 Å². The number of oxazole rings is 1. The minimum absolute atomic E-state index is 0.0827. The van der Waals surface area contributed by atoms with Gasteiger partial charge in [0.05, 0.1) is 11.1 Å². The van der Waals surface area contributed by atoms with Crippen LogP contribution in [0.15, 0.2) is 39.8 Å². The lowest BCUT2D eigenvalue weighted by atomic mass is 10.3. The van der Waals surface area contributed by atoms with Crippen molar-refractivity contribution in [3.05, 3.63) is 36.4 Å². The molecule has 0 amide bonds. The minimum Gasteiger partial charge on any atom is -0.425 e. The minimum atomic E-state index is -3.66. The van der Waals surface area contributed by atoms with E-state index < -0.39 is 10.0 Å². The third kappa shape index (κ3) is 2.56. The van der Waals surface area contributed by atoms with E-state index in [9.17, 15) is 8.42 Å². The van der Waals surface area contributed by atoms with Crippen molar-refractivity contribution in [3.63, 3.8) is 0 Å². The van der Waals surface area contributed by atoms with Crippen LogP contribution in [0.3, 0.4) is 0 Å². The molecule has 2 aromatic rings. The van der Waals surface area contributed by atoms with Gasteiger partial charge in [0.1, 0.15) is 0 Å². The van der Waals surface area contributed by atoms with Gasteiger partial charge in [0.15, 0.2) is 5.89 Å². The third-order valence-electron chi connectivity index (χ3n) is 2.05. The first kappa shape index (κ1) is 11.5. The second kappa shape index (κ2) is 4.10. The monoisotopic (exact) mass is 253 g/mol. The van der Waals surface area contributed by atoms with Crippen LogP contribution in [-0.2, 0) is 10.0 Å². The van der Waals surface area contributed by atoms with Crippen LogP contribution in [0.4, 0.5) is 11.6 Å². The van der Waals surface area contributed by atoms with Crippen molar-refractivity contribution in [1.29, 1.82) is 0 Å². The fourth-order valence-corrected chi connectivity index (χ4v) is 2.22. The largest absolute Gasteiger partial charge is 0.425 e. The molecule has 0 saturated carbocycles. The van der Waals surface area contributed by atoms with Gasteiger partial charge >= 0.3 is 0 Å². The summed E-state index contributed by atoms with van der Waals surface area (Å²) < 4.78 is 31.1. The number of benzene rings is 1. The number of sulfonamides is 1. The van der Waals surface area contributed by atoms with Crippen molar-refractivity contribution in [2.75, 3.05) is 10.5 Å². The molecule has 0 spiro atoms. The first-order valence-electron chi connectivity index (χ1n) is 4.78. The molecule has 0 bridgehead atoms. The summed E-state index contributed by atoms with van der Waals surface area (Å²) in [5.74, 6) is 0.472. The molecule has 0 aliphatic rings. The smallest absolute Gasteiger partial charge is 0.264 e. The standard InChI is InChI=1S/C10H11N3O3S/c1-7-12-6-10(16-7)13-17(14,15)9-4-2-8(11)3-5-9/h2-6,13H,11H2,1H3. The zero-order valence-corrected chi connectivity index (χ0v) is 9.86. The van der Waals surface area contributed by atoms with Gasteiger partial charge in [-0.3, -0.25) is 0 Å². The van der Waals surface area contributed by atoms with Crippen molar-refractivity contribution in [3.8, 4) is 0 Å². The average molecular weight is 253 g/mol. The number of hydrogen-bond donors (Lipinski definition) is 2. The summed E-state index contributed by atoms with van der Waals surface area (Å²) >= 11 is 0. The summed E-state index contributed by atoms with van der Waals surface area (Å²) in [5, 5.41) is 0. The van der Waals surface area contributed by atoms with Crippen LogP contribution in [0.1, 0.15) is 5.89 Å². The molecule has 1 aromatic heterocycles. The molecule has 1 heterocycles. The van der Waals surface area contributed by atoms with E-state index >= 15 is 0 Å². The number of nitrogen functional groups attached to an aromatic ring is 1. The van der Waals surface area contributed by atoms with E-state index in [0.717, 1.165) is 0 Å². The average Bonchev–Trinajstić information content (AvgIpc) is 2.63. The van der Waals surface area contributed by atoms with E-state index in [2.05, 4.69) is 9.71 Å². The second-order valence-electron chi connectivity index (χ2n) is 3.42. The number of nitrogens with zero attached hydrogens (tertiary/aromatic N) is 1. The predicted octanol–water partition coefficient (Wildman–Crippen LogP) is 1.37. The van der Waals surface area contributed by atoms with E-state index in [1.54, 1.807) is 6.92 Å². The van der Waals surface area contributed by atoms with Gasteiger partial charge in [0.2, 0.25) is 5.88 Å². The normalized spacial score (nSPS) is 11.4. The lowest BCUT2D eigenvalue weighted by Crippen LogP contribution is -2.12. The first-order chi connectivity index (χ1) is 7.97. The molecule has 17 heavy (non-hydrogen) atoms. The number of nitrogens with two attached hydrogens (primary N) is 1. The second-order valence-corrected chi connectivity index (χ2v) is 5.10. The highest BCUT2D eigenvalue weighted by Crippen LogP contribution is 2.17. The Labute approximate surface area is 98.5 Å². The predicted molar refractivity (Wildman–Crippen MR) is 62.9 cm³/mol. The van der Waals surface area contributed by atoms with Gasteiger partial charge in [-0.05, 0) is 24.3 Å². The molecule has 0 fully saturated rings. The molecule has 1 aromatic carbocycles. The summed E-state index contributed by atoms with van der Waals surface area (Å²) in [5.41, 5.74) is 5.98. The Balaban J connectivity index is 2.28. The van der Waals surface area contributed by atoms with E-state index in [-0.39, 0.29) is 10.8 Å². The molecule has 2 rings (SSSR count). The Kier molecular flexibility index (Phi) is 2.76. The Morgan fingerprint density at radius 1 is 1.29 bits per heavy atom. The number of aromatic nitrogens is 1. The van der Waals surface area contributed by atoms with Gasteiger partial charge in [-0.1, -0.05) is 0 Å². The molecule has 0 aliphatic carbocycles. The van der Waals surface area contributed by atoms with Crippen molar-refractivity contribution in [2.45, 2.75) is 11.8 Å². The maximum absolute atomic E-state index is 11.9. The summed E-state index contributed by atoms with van der Waals surface area (Å²) in [4.78, 5) is 3.91. The van der Waals surface area contributed by atoms with Crippen LogP contribution in [0.25, 0.3) is 0 Å². The van der Waals surface area contributed by atoms with Gasteiger partial charge in [-0.2, -0.15) is 0 Å². The van der Waals surface area contributed by atoms with Crippen LogP contribution < -0.4 is 10.5 Å². The Hall–Kier alpha value is -2.02. The fraction of sp³-hybridized carbons (Fsp3) is 0.100. The van der Waals surface area contributed by atoms with Gasteiger partial charge in [0, 0.05) is 12.6 Å². The summed E-state index contributed by atoms with van der Waals surface area (Å²) in [6.45, 7) is 1.63. The molecule has 0 aliphatic heterocycles. The van der Waals surface area contributed by atoms with Crippen LogP contribution in [-0.4, -0.2) is 13.4 Å². The zero-order chi connectivity index (χ0) is 12.5. The highest BCUT2D eigenvalue weighted by molar-refractivity contribution is 7.92. The number of aryl methyl sites for hydroxylation is 1. The molecule has 3 N–H and O–H groups in total. The maximum atomic E-state index is 11.9. The number of anilines is 2. The van der Waals surface area contributed by atoms with Crippen LogP contribution in [0, 0.1) is 6.92 Å². The van der Waals surface area contributed by atoms with Gasteiger partial charge < -0.3 is 10.2 Å². The molecular formula is C10H11N3O3S. The van der Waals surface area contributed by atoms with Crippen molar-refractivity contribution in [2.24, 2.45) is 0 Å². The first-order valence-corrected chi connectivity index (χ1v) is 6.26. The van der Waals surface area contributed by atoms with E-state index in [1.165, 1.54) is 30.5 Å². The van der Waals surface area contributed by atoms with E-state index in [4.69, 9.17) is 10.2 Å². The number of rotatable bonds is 3. The maximum Gasteiger partial charge on any atom is 0.264 e. The van der Waals surface area contributed by atoms with Gasteiger partial charge in [-0.25, -0.2) is 18.1 Å². The van der Waals surface area contributed by atoms with E-state index in [0.29, 0.717) is 11.6 Å². The zero-order valence-electron chi connectivity index (χ0n) is 9.04. The van der Waals surface area contributed by atoms with Crippen molar-refractivity contribution >= 4 is 21.6 Å². The number of hydrogen-bond acceptors (Lipinski definition) is 5. The quantitative estimate of drug-likeness (QED) is 0.805. The van der Waals surface area contributed by atoms with Crippen molar-refractivity contribution in [1.82, 2.24) is 4.98 Å². The fourth-order valence-electron chi connectivity index (χ4n) is 1.25. The molecule has 0 atom stereocenters.